The summed E-state index contributed by atoms with van der Waals surface area (Å²) in [6.45, 7) is 4.06. The largest absolute Gasteiger partial charge is 0.369 e. The smallest absolute Gasteiger partial charge is 0.205 e. The molecule has 0 aliphatic heterocycles. The second-order valence-corrected chi connectivity index (χ2v) is 5.76. The van der Waals surface area contributed by atoms with E-state index in [1.807, 2.05) is 30.5 Å². The normalized spacial score (nSPS) is 11.2. The number of rotatable bonds is 1. The number of imidazole rings is 1. The quantitative estimate of drug-likeness (QED) is 0.727. The molecule has 20 heavy (non-hydrogen) atoms. The summed E-state index contributed by atoms with van der Waals surface area (Å²) in [5.74, 6) is 0.00470. The van der Waals surface area contributed by atoms with E-state index >= 15 is 0 Å². The zero-order valence-electron chi connectivity index (χ0n) is 11.1. The molecule has 2 N–H and O–H groups in total. The lowest BCUT2D eigenvalue weighted by molar-refractivity contribution is 0.623. The molecule has 0 atom stereocenters. The van der Waals surface area contributed by atoms with Crippen LogP contribution in [0.2, 0.25) is 0 Å². The summed E-state index contributed by atoms with van der Waals surface area (Å²) in [5, 5.41) is 0. The molecule has 0 unspecified atom stereocenters. The molecule has 0 amide bonds. The van der Waals surface area contributed by atoms with Gasteiger partial charge in [-0.1, -0.05) is 6.07 Å². The van der Waals surface area contributed by atoms with Crippen LogP contribution in [0.15, 0.2) is 34.8 Å². The lowest BCUT2D eigenvalue weighted by atomic mass is 10.1. The first-order valence-electron chi connectivity index (χ1n) is 6.17. The fraction of sp³-hybridized carbons (Fsp3) is 0.133. The summed E-state index contributed by atoms with van der Waals surface area (Å²) in [6, 6.07) is 9.23. The number of hydrogen-bond acceptors (Lipinski definition) is 2. The van der Waals surface area contributed by atoms with Crippen LogP contribution >= 0.6 is 15.9 Å². The Balaban J connectivity index is 2.35. The van der Waals surface area contributed by atoms with Gasteiger partial charge in [-0.15, -0.1) is 0 Å². The summed E-state index contributed by atoms with van der Waals surface area (Å²) in [6.07, 6.45) is 0. The van der Waals surface area contributed by atoms with Crippen LogP contribution in [-0.4, -0.2) is 9.55 Å². The van der Waals surface area contributed by atoms with Gasteiger partial charge in [0.05, 0.1) is 15.5 Å². The highest BCUT2D eigenvalue weighted by Gasteiger charge is 2.13. The Hall–Kier alpha value is -1.88. The summed E-state index contributed by atoms with van der Waals surface area (Å²) in [5.41, 5.74) is 10.5. The van der Waals surface area contributed by atoms with Gasteiger partial charge in [0.2, 0.25) is 5.95 Å². The monoisotopic (exact) mass is 333 g/mol. The van der Waals surface area contributed by atoms with Crippen molar-refractivity contribution < 1.29 is 4.39 Å². The maximum Gasteiger partial charge on any atom is 0.205 e. The Bertz CT molecular complexity index is 803. The first-order valence-corrected chi connectivity index (χ1v) is 6.96. The average Bonchev–Trinajstić information content (AvgIpc) is 2.64. The SMILES string of the molecule is Cc1cc(C)cc(-n2c(N)nc3cc(F)c(Br)cc32)c1. The zero-order valence-corrected chi connectivity index (χ0v) is 12.7. The van der Waals surface area contributed by atoms with Gasteiger partial charge in [-0.2, -0.15) is 0 Å². The lowest BCUT2D eigenvalue weighted by Crippen LogP contribution is -2.01. The van der Waals surface area contributed by atoms with Crippen LogP contribution in [0.4, 0.5) is 10.3 Å². The second-order valence-electron chi connectivity index (χ2n) is 4.91. The molecule has 0 aliphatic rings. The van der Waals surface area contributed by atoms with E-state index in [2.05, 4.69) is 27.0 Å². The van der Waals surface area contributed by atoms with Gasteiger partial charge in [-0.25, -0.2) is 9.37 Å². The number of fused-ring (bicyclic) bond motifs is 1. The van der Waals surface area contributed by atoms with E-state index in [0.717, 1.165) is 22.3 Å². The Morgan fingerprint density at radius 2 is 1.75 bits per heavy atom. The van der Waals surface area contributed by atoms with Gasteiger partial charge in [0, 0.05) is 11.8 Å². The van der Waals surface area contributed by atoms with Crippen molar-refractivity contribution in [3.05, 3.63) is 51.7 Å². The van der Waals surface area contributed by atoms with Crippen LogP contribution in [0, 0.1) is 19.7 Å². The Morgan fingerprint density at radius 1 is 1.10 bits per heavy atom. The standard InChI is InChI=1S/C15H13BrFN3/c1-8-3-9(2)5-10(4-8)20-14-6-11(16)12(17)7-13(14)19-15(20)18/h3-7H,1-2H3,(H2,18,19). The summed E-state index contributed by atoms with van der Waals surface area (Å²) >= 11 is 3.20. The molecule has 0 aliphatic carbocycles. The average molecular weight is 334 g/mol. The number of anilines is 1. The van der Waals surface area contributed by atoms with Crippen molar-refractivity contribution in [1.82, 2.24) is 9.55 Å². The third kappa shape index (κ3) is 2.08. The predicted molar refractivity (Wildman–Crippen MR) is 82.6 cm³/mol. The molecule has 0 saturated carbocycles. The first kappa shape index (κ1) is 13.1. The number of nitrogens with two attached hydrogens (primary N) is 1. The van der Waals surface area contributed by atoms with E-state index in [-0.39, 0.29) is 5.82 Å². The van der Waals surface area contributed by atoms with Crippen molar-refractivity contribution in [1.29, 1.82) is 0 Å². The van der Waals surface area contributed by atoms with Gasteiger partial charge in [0.15, 0.2) is 0 Å². The molecule has 0 radical (unpaired) electrons. The van der Waals surface area contributed by atoms with E-state index in [4.69, 9.17) is 5.73 Å². The molecule has 102 valence electrons. The first-order chi connectivity index (χ1) is 9.45. The topological polar surface area (TPSA) is 43.8 Å². The van der Waals surface area contributed by atoms with Crippen LogP contribution in [0.5, 0.6) is 0 Å². The molecule has 0 bridgehead atoms. The Kier molecular flexibility index (Phi) is 3.01. The number of hydrogen-bond donors (Lipinski definition) is 1. The molecule has 0 saturated heterocycles. The summed E-state index contributed by atoms with van der Waals surface area (Å²) in [4.78, 5) is 4.23. The Labute approximate surface area is 124 Å². The van der Waals surface area contributed by atoms with Crippen molar-refractivity contribution in [2.75, 3.05) is 5.73 Å². The minimum Gasteiger partial charge on any atom is -0.369 e. The van der Waals surface area contributed by atoms with Crippen LogP contribution in [0.25, 0.3) is 16.7 Å². The highest BCUT2D eigenvalue weighted by atomic mass is 79.9. The molecule has 3 rings (SSSR count). The number of aryl methyl sites for hydroxylation is 2. The molecule has 3 nitrogen and oxygen atoms in total. The molecule has 3 aromatic rings. The summed E-state index contributed by atoms with van der Waals surface area (Å²) < 4.78 is 15.8. The van der Waals surface area contributed by atoms with E-state index < -0.39 is 0 Å². The number of benzene rings is 2. The number of nitrogens with zero attached hydrogens (tertiary/aromatic N) is 2. The maximum atomic E-state index is 13.6. The summed E-state index contributed by atoms with van der Waals surface area (Å²) in [7, 11) is 0. The maximum absolute atomic E-state index is 13.6. The van der Waals surface area contributed by atoms with Crippen LogP contribution in [0.1, 0.15) is 11.1 Å². The molecule has 2 aromatic carbocycles. The highest BCUT2D eigenvalue weighted by molar-refractivity contribution is 9.10. The number of aromatic nitrogens is 2. The van der Waals surface area contributed by atoms with Gasteiger partial charge in [0.25, 0.3) is 0 Å². The molecule has 1 aromatic heterocycles. The molecule has 1 heterocycles. The minimum atomic E-state index is -0.345. The van der Waals surface area contributed by atoms with E-state index in [9.17, 15) is 4.39 Å². The van der Waals surface area contributed by atoms with Crippen LogP contribution in [0.3, 0.4) is 0 Å². The number of nitrogen functional groups attached to an aromatic ring is 1. The highest BCUT2D eigenvalue weighted by Crippen LogP contribution is 2.28. The third-order valence-electron chi connectivity index (χ3n) is 3.19. The fourth-order valence-electron chi connectivity index (χ4n) is 2.44. The van der Waals surface area contributed by atoms with Gasteiger partial charge >= 0.3 is 0 Å². The molecular formula is C15H13BrFN3. The van der Waals surface area contributed by atoms with Gasteiger partial charge < -0.3 is 5.73 Å². The third-order valence-corrected chi connectivity index (χ3v) is 3.79. The predicted octanol–water partition coefficient (Wildman–Crippen LogP) is 4.13. The van der Waals surface area contributed by atoms with E-state index in [0.29, 0.717) is 15.9 Å². The minimum absolute atomic E-state index is 0.345. The van der Waals surface area contributed by atoms with Gasteiger partial charge in [0.1, 0.15) is 5.82 Å². The van der Waals surface area contributed by atoms with E-state index in [1.165, 1.54) is 6.07 Å². The molecule has 0 fully saturated rings. The lowest BCUT2D eigenvalue weighted by Gasteiger charge is -2.09. The molecule has 0 spiro atoms. The van der Waals surface area contributed by atoms with Crippen molar-refractivity contribution in [3.8, 4) is 5.69 Å². The van der Waals surface area contributed by atoms with Crippen molar-refractivity contribution in [3.63, 3.8) is 0 Å². The molecular weight excluding hydrogens is 321 g/mol. The van der Waals surface area contributed by atoms with E-state index in [1.54, 1.807) is 6.07 Å². The van der Waals surface area contributed by atoms with Crippen molar-refractivity contribution >= 4 is 32.9 Å². The zero-order chi connectivity index (χ0) is 14.4. The number of halogens is 2. The van der Waals surface area contributed by atoms with Crippen LogP contribution < -0.4 is 5.73 Å². The van der Waals surface area contributed by atoms with Gasteiger partial charge in [-0.05, 0) is 59.1 Å². The molecule has 5 heteroatoms. The Morgan fingerprint density at radius 3 is 2.40 bits per heavy atom. The fourth-order valence-corrected chi connectivity index (χ4v) is 2.77. The van der Waals surface area contributed by atoms with Crippen molar-refractivity contribution in [2.24, 2.45) is 0 Å². The van der Waals surface area contributed by atoms with Gasteiger partial charge in [-0.3, -0.25) is 4.57 Å². The van der Waals surface area contributed by atoms with Crippen molar-refractivity contribution in [2.45, 2.75) is 13.8 Å². The van der Waals surface area contributed by atoms with Crippen LogP contribution in [-0.2, 0) is 0 Å². The second kappa shape index (κ2) is 4.59.